The fourth-order valence-electron chi connectivity index (χ4n) is 3.77. The number of hydrazone groups is 1. The largest absolute Gasteiger partial charge is 0.493 e. The van der Waals surface area contributed by atoms with Crippen LogP contribution in [0.5, 0.6) is 23.0 Å². The molecule has 12 heteroatoms. The number of hydrogen-bond donors (Lipinski definition) is 1. The number of hydrogen-bond acceptors (Lipinski definition) is 8. The van der Waals surface area contributed by atoms with Crippen molar-refractivity contribution < 1.29 is 28.5 Å². The van der Waals surface area contributed by atoms with E-state index in [1.165, 1.54) is 24.7 Å². The van der Waals surface area contributed by atoms with E-state index in [1.807, 2.05) is 24.3 Å². The summed E-state index contributed by atoms with van der Waals surface area (Å²) in [5.41, 5.74) is 2.96. The number of carbonyl (C=O) groups is 2. The van der Waals surface area contributed by atoms with E-state index in [4.69, 9.17) is 53.8 Å². The maximum Gasteiger partial charge on any atom is 0.355 e. The summed E-state index contributed by atoms with van der Waals surface area (Å²) in [7, 11) is 1.44. The van der Waals surface area contributed by atoms with Crippen LogP contribution in [0.25, 0.3) is 10.1 Å². The molecule has 0 spiro atoms. The van der Waals surface area contributed by atoms with Crippen molar-refractivity contribution in [2.45, 2.75) is 6.29 Å². The quantitative estimate of drug-likeness (QED) is 0.0538. The summed E-state index contributed by atoms with van der Waals surface area (Å²) < 4.78 is 23.4. The zero-order chi connectivity index (χ0) is 30.3. The molecule has 0 aliphatic heterocycles. The van der Waals surface area contributed by atoms with E-state index in [9.17, 15) is 9.59 Å². The lowest BCUT2D eigenvalue weighted by atomic mass is 10.2. The van der Waals surface area contributed by atoms with Gasteiger partial charge in [0, 0.05) is 20.1 Å². The third-order valence-corrected chi connectivity index (χ3v) is 7.99. The first-order valence-electron chi connectivity index (χ1n) is 12.6. The number of benzene rings is 4. The summed E-state index contributed by atoms with van der Waals surface area (Å²) in [4.78, 5) is 26.2. The number of esters is 1. The van der Waals surface area contributed by atoms with Gasteiger partial charge in [-0.3, -0.25) is 4.79 Å². The lowest BCUT2D eigenvalue weighted by Gasteiger charge is -2.19. The summed E-state index contributed by atoms with van der Waals surface area (Å²) in [5, 5.41) is 6.15. The number of fused-ring (bicyclic) bond motifs is 1. The molecule has 1 amide bonds. The van der Waals surface area contributed by atoms with Crippen molar-refractivity contribution in [1.82, 2.24) is 5.43 Å². The molecular weight excluding hydrogens is 635 g/mol. The van der Waals surface area contributed by atoms with Crippen LogP contribution in [0, 0.1) is 0 Å². The zero-order valence-electron chi connectivity index (χ0n) is 22.3. The van der Waals surface area contributed by atoms with Crippen LogP contribution in [0.15, 0.2) is 96.1 Å². The predicted octanol–water partition coefficient (Wildman–Crippen LogP) is 8.02. The molecule has 0 aliphatic carbocycles. The number of halogens is 3. The molecule has 1 heterocycles. The van der Waals surface area contributed by atoms with Crippen molar-refractivity contribution >= 4 is 74.3 Å². The molecule has 0 aliphatic rings. The summed E-state index contributed by atoms with van der Waals surface area (Å²) >= 11 is 19.6. The Labute approximate surface area is 265 Å². The molecule has 43 heavy (non-hydrogen) atoms. The maximum absolute atomic E-state index is 13.0. The van der Waals surface area contributed by atoms with Gasteiger partial charge in [-0.1, -0.05) is 53.0 Å². The standard InChI is InChI=1S/C31H21Cl3N2O6S/c1-39-25-16-18(6-15-24(25)42-30(38)28-27(34)23-4-2-3-5-26(23)43-28)17-35-36-29(37)31(40-21-11-7-19(32)8-12-21)41-22-13-9-20(33)10-14-22/h2-17,31H,1H3,(H,36,37)/b35-17-. The third-order valence-electron chi connectivity index (χ3n) is 5.83. The lowest BCUT2D eigenvalue weighted by molar-refractivity contribution is -0.140. The van der Waals surface area contributed by atoms with Crippen molar-refractivity contribution in [2.24, 2.45) is 5.10 Å². The van der Waals surface area contributed by atoms with E-state index in [2.05, 4.69) is 10.5 Å². The van der Waals surface area contributed by atoms with Gasteiger partial charge in [0.05, 0.1) is 18.3 Å². The van der Waals surface area contributed by atoms with Crippen molar-refractivity contribution in [2.75, 3.05) is 7.11 Å². The van der Waals surface area contributed by atoms with Gasteiger partial charge < -0.3 is 18.9 Å². The number of amides is 1. The van der Waals surface area contributed by atoms with Gasteiger partial charge in [-0.05, 0) is 78.4 Å². The molecule has 0 unspecified atom stereocenters. The Morgan fingerprint density at radius 3 is 2.07 bits per heavy atom. The lowest BCUT2D eigenvalue weighted by Crippen LogP contribution is -2.40. The molecule has 5 rings (SSSR count). The van der Waals surface area contributed by atoms with Gasteiger partial charge in [0.1, 0.15) is 16.4 Å². The van der Waals surface area contributed by atoms with Gasteiger partial charge in [0.15, 0.2) is 11.5 Å². The van der Waals surface area contributed by atoms with Crippen molar-refractivity contribution in [3.63, 3.8) is 0 Å². The zero-order valence-corrected chi connectivity index (χ0v) is 25.3. The second kappa shape index (κ2) is 13.8. The topological polar surface area (TPSA) is 95.5 Å². The normalized spacial score (nSPS) is 11.1. The summed E-state index contributed by atoms with van der Waals surface area (Å²) in [6, 6.07) is 25.1. The average molecular weight is 656 g/mol. The van der Waals surface area contributed by atoms with Crippen molar-refractivity contribution in [3.05, 3.63) is 117 Å². The fourth-order valence-corrected chi connectivity index (χ4v) is 5.40. The highest BCUT2D eigenvalue weighted by Gasteiger charge is 2.23. The first-order chi connectivity index (χ1) is 20.8. The van der Waals surface area contributed by atoms with Crippen LogP contribution >= 0.6 is 46.1 Å². The number of nitrogens with zero attached hydrogens (tertiary/aromatic N) is 1. The Balaban J connectivity index is 1.27. The first-order valence-corrected chi connectivity index (χ1v) is 14.5. The van der Waals surface area contributed by atoms with E-state index >= 15 is 0 Å². The van der Waals surface area contributed by atoms with Crippen LogP contribution in [-0.4, -0.2) is 31.5 Å². The number of ether oxygens (including phenoxy) is 4. The Morgan fingerprint density at radius 2 is 1.47 bits per heavy atom. The molecule has 0 fully saturated rings. The van der Waals surface area contributed by atoms with Crippen LogP contribution in [0.4, 0.5) is 0 Å². The van der Waals surface area contributed by atoms with Gasteiger partial charge in [0.2, 0.25) is 0 Å². The first kappa shape index (κ1) is 30.2. The van der Waals surface area contributed by atoms with Crippen LogP contribution < -0.4 is 24.4 Å². The van der Waals surface area contributed by atoms with Gasteiger partial charge in [-0.15, -0.1) is 11.3 Å². The van der Waals surface area contributed by atoms with Crippen molar-refractivity contribution in [1.29, 1.82) is 0 Å². The number of rotatable bonds is 10. The Morgan fingerprint density at radius 1 is 0.837 bits per heavy atom. The molecule has 5 aromatic rings. The predicted molar refractivity (Wildman–Crippen MR) is 168 cm³/mol. The number of methoxy groups -OCH3 is 1. The number of thiophene rings is 1. The molecule has 0 saturated heterocycles. The molecule has 1 N–H and O–H groups in total. The smallest absolute Gasteiger partial charge is 0.355 e. The molecule has 1 aromatic heterocycles. The van der Waals surface area contributed by atoms with Gasteiger partial charge in [-0.2, -0.15) is 5.10 Å². The van der Waals surface area contributed by atoms with E-state index in [0.717, 1.165) is 10.1 Å². The molecule has 0 radical (unpaired) electrons. The maximum atomic E-state index is 13.0. The highest BCUT2D eigenvalue weighted by Crippen LogP contribution is 2.37. The third kappa shape index (κ3) is 7.57. The van der Waals surface area contributed by atoms with Crippen molar-refractivity contribution in [3.8, 4) is 23.0 Å². The van der Waals surface area contributed by atoms with Gasteiger partial charge >= 0.3 is 18.2 Å². The van der Waals surface area contributed by atoms with Crippen LogP contribution in [0.3, 0.4) is 0 Å². The van der Waals surface area contributed by atoms with Gasteiger partial charge in [-0.25, -0.2) is 10.2 Å². The molecular formula is C31H21Cl3N2O6S. The minimum Gasteiger partial charge on any atom is -0.493 e. The summed E-state index contributed by atoms with van der Waals surface area (Å²) in [6.45, 7) is 0. The minimum atomic E-state index is -1.39. The molecule has 0 atom stereocenters. The molecule has 0 bridgehead atoms. The Bertz CT molecular complexity index is 1740. The fraction of sp³-hybridized carbons (Fsp3) is 0.0645. The number of nitrogens with one attached hydrogen (secondary N) is 1. The molecule has 218 valence electrons. The minimum absolute atomic E-state index is 0.190. The second-order valence-corrected chi connectivity index (χ2v) is 11.1. The SMILES string of the molecule is COc1cc(/C=N\NC(=O)C(Oc2ccc(Cl)cc2)Oc2ccc(Cl)cc2)ccc1OC(=O)c1sc2ccccc2c1Cl. The van der Waals surface area contributed by atoms with Gasteiger partial charge in [0.25, 0.3) is 0 Å². The number of carbonyl (C=O) groups excluding carboxylic acids is 2. The average Bonchev–Trinajstić information content (AvgIpc) is 3.36. The van der Waals surface area contributed by atoms with E-state index in [1.54, 1.807) is 66.7 Å². The molecule has 8 nitrogen and oxygen atoms in total. The van der Waals surface area contributed by atoms with E-state index in [0.29, 0.717) is 32.1 Å². The highest BCUT2D eigenvalue weighted by atomic mass is 35.5. The van der Waals surface area contributed by atoms with E-state index in [-0.39, 0.29) is 16.4 Å². The summed E-state index contributed by atoms with van der Waals surface area (Å²) in [6.07, 6.45) is -0.00665. The molecule has 4 aromatic carbocycles. The summed E-state index contributed by atoms with van der Waals surface area (Å²) in [5.74, 6) is -0.112. The van der Waals surface area contributed by atoms with Crippen LogP contribution in [0.1, 0.15) is 15.2 Å². The second-order valence-electron chi connectivity index (χ2n) is 8.75. The van der Waals surface area contributed by atoms with Crippen LogP contribution in [-0.2, 0) is 4.79 Å². The highest BCUT2D eigenvalue weighted by molar-refractivity contribution is 7.21. The van der Waals surface area contributed by atoms with Crippen LogP contribution in [0.2, 0.25) is 15.1 Å². The monoisotopic (exact) mass is 654 g/mol. The van der Waals surface area contributed by atoms with E-state index < -0.39 is 18.2 Å². The molecule has 0 saturated carbocycles. The Hall–Kier alpha value is -4.28. The Kier molecular flexibility index (Phi) is 9.68.